The highest BCUT2D eigenvalue weighted by molar-refractivity contribution is 7.92. The molecule has 0 bridgehead atoms. The maximum atomic E-state index is 13.9. The van der Waals surface area contributed by atoms with Crippen LogP contribution in [0.25, 0.3) is 0 Å². The fourth-order valence-corrected chi connectivity index (χ4v) is 5.57. The van der Waals surface area contributed by atoms with Crippen LogP contribution >= 0.6 is 11.6 Å². The Kier molecular flexibility index (Phi) is 10.5. The standard InChI is InChI=1S/C29H33ClFN3O5S/c1-5-20(2)32-29(36)21(3)33(18-22-11-13-23(31)14-12-22)28(35)19-34(24-15-16-27(39-4)26(30)17-24)40(37,38)25-9-7-6-8-10-25/h6-17,20-21H,5,18-19H2,1-4H3,(H,32,36)/t20-,21-/m0/s1. The number of nitrogens with one attached hydrogen (secondary N) is 1. The van der Waals surface area contributed by atoms with Crippen LogP contribution < -0.4 is 14.4 Å². The summed E-state index contributed by atoms with van der Waals surface area (Å²) in [6.07, 6.45) is 0.686. The van der Waals surface area contributed by atoms with Crippen LogP contribution in [0.5, 0.6) is 5.75 Å². The van der Waals surface area contributed by atoms with Gasteiger partial charge in [-0.1, -0.05) is 48.9 Å². The van der Waals surface area contributed by atoms with Crippen LogP contribution in [0.2, 0.25) is 5.02 Å². The Morgan fingerprint density at radius 1 is 1.02 bits per heavy atom. The minimum Gasteiger partial charge on any atom is -0.495 e. The summed E-state index contributed by atoms with van der Waals surface area (Å²) in [5, 5.41) is 3.02. The molecule has 0 unspecified atom stereocenters. The number of halogens is 2. The molecule has 1 N–H and O–H groups in total. The van der Waals surface area contributed by atoms with Crippen LogP contribution in [0.3, 0.4) is 0 Å². The van der Waals surface area contributed by atoms with Gasteiger partial charge in [0.2, 0.25) is 11.8 Å². The predicted molar refractivity (Wildman–Crippen MR) is 153 cm³/mol. The lowest BCUT2D eigenvalue weighted by Crippen LogP contribution is -2.52. The van der Waals surface area contributed by atoms with Crippen LogP contribution in [-0.4, -0.2) is 50.9 Å². The number of benzene rings is 3. The number of rotatable bonds is 12. The number of methoxy groups -OCH3 is 1. The molecule has 3 rings (SSSR count). The Morgan fingerprint density at radius 3 is 2.25 bits per heavy atom. The average Bonchev–Trinajstić information content (AvgIpc) is 2.95. The smallest absolute Gasteiger partial charge is 0.264 e. The summed E-state index contributed by atoms with van der Waals surface area (Å²) < 4.78 is 47.3. The second-order valence-corrected chi connectivity index (χ2v) is 11.6. The number of sulfonamides is 1. The number of ether oxygens (including phenoxy) is 1. The SMILES string of the molecule is CC[C@H](C)NC(=O)[C@H](C)N(Cc1ccc(F)cc1)C(=O)CN(c1ccc(OC)c(Cl)c1)S(=O)(=O)c1ccccc1. The average molecular weight is 590 g/mol. The van der Waals surface area contributed by atoms with Gasteiger partial charge in [-0.25, -0.2) is 12.8 Å². The van der Waals surface area contributed by atoms with E-state index in [1.54, 1.807) is 25.1 Å². The van der Waals surface area contributed by atoms with Gasteiger partial charge in [-0.05, 0) is 68.3 Å². The summed E-state index contributed by atoms with van der Waals surface area (Å²) in [7, 11) is -2.80. The molecule has 3 aromatic carbocycles. The van der Waals surface area contributed by atoms with Gasteiger partial charge in [-0.15, -0.1) is 0 Å². The molecule has 3 aromatic rings. The molecule has 0 spiro atoms. The van der Waals surface area contributed by atoms with E-state index in [9.17, 15) is 22.4 Å². The number of carbonyl (C=O) groups is 2. The number of nitrogens with zero attached hydrogens (tertiary/aromatic N) is 2. The highest BCUT2D eigenvalue weighted by atomic mass is 35.5. The van der Waals surface area contributed by atoms with Gasteiger partial charge < -0.3 is 15.0 Å². The van der Waals surface area contributed by atoms with Crippen LogP contribution in [0.1, 0.15) is 32.8 Å². The first-order chi connectivity index (χ1) is 19.0. The monoisotopic (exact) mass is 589 g/mol. The summed E-state index contributed by atoms with van der Waals surface area (Å²) in [5.74, 6) is -1.14. The summed E-state index contributed by atoms with van der Waals surface area (Å²) in [6.45, 7) is 4.67. The first-order valence-corrected chi connectivity index (χ1v) is 14.5. The van der Waals surface area contributed by atoms with E-state index in [2.05, 4.69) is 5.32 Å². The van der Waals surface area contributed by atoms with Crippen molar-refractivity contribution in [3.05, 3.63) is 89.2 Å². The maximum absolute atomic E-state index is 13.9. The van der Waals surface area contributed by atoms with Crippen LogP contribution in [0, 0.1) is 5.82 Å². The van der Waals surface area contributed by atoms with Crippen molar-refractivity contribution < 1.29 is 27.1 Å². The van der Waals surface area contributed by atoms with Crippen molar-refractivity contribution in [1.29, 1.82) is 0 Å². The van der Waals surface area contributed by atoms with Gasteiger partial charge in [-0.2, -0.15) is 0 Å². The molecule has 0 aliphatic carbocycles. The molecule has 2 atom stereocenters. The third-order valence-electron chi connectivity index (χ3n) is 6.47. The van der Waals surface area contributed by atoms with Gasteiger partial charge in [0.25, 0.3) is 10.0 Å². The van der Waals surface area contributed by atoms with Gasteiger partial charge >= 0.3 is 0 Å². The largest absolute Gasteiger partial charge is 0.495 e. The van der Waals surface area contributed by atoms with E-state index in [0.29, 0.717) is 17.7 Å². The van der Waals surface area contributed by atoms with E-state index >= 15 is 0 Å². The minimum atomic E-state index is -4.23. The number of hydrogen-bond acceptors (Lipinski definition) is 5. The Labute approximate surface area is 239 Å². The molecule has 0 aliphatic heterocycles. The predicted octanol–water partition coefficient (Wildman–Crippen LogP) is 5.02. The zero-order valence-corrected chi connectivity index (χ0v) is 24.4. The van der Waals surface area contributed by atoms with Crippen LogP contribution in [0.15, 0.2) is 77.7 Å². The van der Waals surface area contributed by atoms with E-state index in [4.69, 9.17) is 16.3 Å². The lowest BCUT2D eigenvalue weighted by atomic mass is 10.1. The topological polar surface area (TPSA) is 96.0 Å². The molecule has 40 heavy (non-hydrogen) atoms. The number of anilines is 1. The maximum Gasteiger partial charge on any atom is 0.264 e. The van der Waals surface area contributed by atoms with Gasteiger partial charge in [0.15, 0.2) is 0 Å². The molecule has 0 fully saturated rings. The zero-order valence-electron chi connectivity index (χ0n) is 22.8. The van der Waals surface area contributed by atoms with Crippen molar-refractivity contribution in [2.75, 3.05) is 18.0 Å². The fraction of sp³-hybridized carbons (Fsp3) is 0.310. The van der Waals surface area contributed by atoms with Gasteiger partial charge in [0.05, 0.1) is 22.7 Å². The zero-order chi connectivity index (χ0) is 29.4. The third-order valence-corrected chi connectivity index (χ3v) is 8.55. The van der Waals surface area contributed by atoms with Gasteiger partial charge in [0.1, 0.15) is 24.2 Å². The summed E-state index contributed by atoms with van der Waals surface area (Å²) in [4.78, 5) is 28.2. The molecule has 2 amide bonds. The first kappa shape index (κ1) is 30.9. The quantitative estimate of drug-likeness (QED) is 0.320. The summed E-state index contributed by atoms with van der Waals surface area (Å²) in [5.41, 5.74) is 0.712. The highest BCUT2D eigenvalue weighted by Crippen LogP contribution is 2.32. The molecule has 0 aromatic heterocycles. The lowest BCUT2D eigenvalue weighted by molar-refractivity contribution is -0.139. The van der Waals surface area contributed by atoms with E-state index in [1.807, 2.05) is 13.8 Å². The van der Waals surface area contributed by atoms with Crippen molar-refractivity contribution in [3.8, 4) is 5.75 Å². The van der Waals surface area contributed by atoms with Crippen LogP contribution in [-0.2, 0) is 26.2 Å². The molecule has 0 saturated carbocycles. The summed E-state index contributed by atoms with van der Waals surface area (Å²) >= 11 is 6.32. The minimum absolute atomic E-state index is 0.0256. The molecule has 214 valence electrons. The second kappa shape index (κ2) is 13.6. The van der Waals surface area contributed by atoms with Crippen molar-refractivity contribution in [3.63, 3.8) is 0 Å². The van der Waals surface area contributed by atoms with Crippen LogP contribution in [0.4, 0.5) is 10.1 Å². The number of carbonyl (C=O) groups excluding carboxylic acids is 2. The Bertz CT molecular complexity index is 1420. The fourth-order valence-electron chi connectivity index (χ4n) is 3.89. The highest BCUT2D eigenvalue weighted by Gasteiger charge is 2.33. The lowest BCUT2D eigenvalue weighted by Gasteiger charge is -2.32. The Hall–Kier alpha value is -3.63. The van der Waals surface area contributed by atoms with Crippen molar-refractivity contribution in [1.82, 2.24) is 10.2 Å². The Morgan fingerprint density at radius 2 is 1.68 bits per heavy atom. The second-order valence-electron chi connectivity index (χ2n) is 9.29. The molecule has 0 saturated heterocycles. The molecular formula is C29H33ClFN3O5S. The molecule has 0 heterocycles. The third kappa shape index (κ3) is 7.51. The van der Waals surface area contributed by atoms with E-state index in [0.717, 1.165) is 4.31 Å². The van der Waals surface area contributed by atoms with E-state index in [-0.39, 0.29) is 28.2 Å². The van der Waals surface area contributed by atoms with E-state index in [1.165, 1.54) is 66.6 Å². The molecule has 8 nitrogen and oxygen atoms in total. The molecular weight excluding hydrogens is 557 g/mol. The van der Waals surface area contributed by atoms with Gasteiger partial charge in [0, 0.05) is 12.6 Å². The van der Waals surface area contributed by atoms with E-state index < -0.39 is 40.2 Å². The van der Waals surface area contributed by atoms with Gasteiger partial charge in [-0.3, -0.25) is 13.9 Å². The number of amides is 2. The summed E-state index contributed by atoms with van der Waals surface area (Å²) in [6, 6.07) is 16.5. The molecule has 0 aliphatic rings. The van der Waals surface area contributed by atoms with Crippen molar-refractivity contribution in [2.24, 2.45) is 0 Å². The molecule has 0 radical (unpaired) electrons. The number of hydrogen-bond donors (Lipinski definition) is 1. The molecule has 11 heteroatoms. The van der Waals surface area contributed by atoms with Crippen molar-refractivity contribution in [2.45, 2.75) is 50.7 Å². The normalized spacial score (nSPS) is 12.8. The Balaban J connectivity index is 2.04. The first-order valence-electron chi connectivity index (χ1n) is 12.7. The van der Waals surface area contributed by atoms with Crippen molar-refractivity contribution >= 4 is 39.1 Å².